The largest absolute Gasteiger partial charge is 0.385 e. The lowest BCUT2D eigenvalue weighted by Crippen LogP contribution is -2.21. The number of aryl methyl sites for hydroxylation is 1. The molecule has 1 aliphatic carbocycles. The Morgan fingerprint density at radius 1 is 1.40 bits per heavy atom. The predicted octanol–water partition coefficient (Wildman–Crippen LogP) is 4.40. The molecule has 4 heteroatoms. The molecule has 1 aliphatic rings. The topological polar surface area (TPSA) is 55.2 Å². The van der Waals surface area contributed by atoms with Gasteiger partial charge in [-0.2, -0.15) is 0 Å². The molecule has 20 heavy (non-hydrogen) atoms. The lowest BCUT2D eigenvalue weighted by atomic mass is 9.82. The summed E-state index contributed by atoms with van der Waals surface area (Å²) in [4.78, 5) is 10.8. The van der Waals surface area contributed by atoms with Crippen molar-refractivity contribution in [3.63, 3.8) is 0 Å². The van der Waals surface area contributed by atoms with Crippen molar-refractivity contribution in [3.8, 4) is 0 Å². The van der Waals surface area contributed by atoms with E-state index in [0.717, 1.165) is 23.7 Å². The van der Waals surface area contributed by atoms with Crippen LogP contribution in [-0.4, -0.2) is 11.5 Å². The average Bonchev–Trinajstić information content (AvgIpc) is 2.45. The molecule has 2 unspecified atom stereocenters. The van der Waals surface area contributed by atoms with E-state index in [1.807, 2.05) is 19.1 Å². The summed E-state index contributed by atoms with van der Waals surface area (Å²) in [6, 6.07) is 5.49. The number of hydrogen-bond acceptors (Lipinski definition) is 3. The number of nitrogens with zero attached hydrogens (tertiary/aromatic N) is 1. The number of benzene rings is 1. The molecule has 2 rings (SSSR count). The zero-order valence-electron chi connectivity index (χ0n) is 12.4. The van der Waals surface area contributed by atoms with Gasteiger partial charge in [-0.25, -0.2) is 0 Å². The first-order valence-electron chi connectivity index (χ1n) is 7.61. The van der Waals surface area contributed by atoms with Gasteiger partial charge in [-0.1, -0.05) is 32.8 Å². The number of anilines is 1. The highest BCUT2D eigenvalue weighted by Crippen LogP contribution is 2.29. The molecule has 0 bridgehead atoms. The van der Waals surface area contributed by atoms with Gasteiger partial charge in [-0.05, 0) is 37.2 Å². The maximum atomic E-state index is 11.1. The fraction of sp³-hybridized carbons (Fsp3) is 0.625. The van der Waals surface area contributed by atoms with Crippen molar-refractivity contribution in [3.05, 3.63) is 33.9 Å². The number of nitro groups is 1. The van der Waals surface area contributed by atoms with E-state index < -0.39 is 0 Å². The Bertz CT molecular complexity index is 474. The van der Waals surface area contributed by atoms with Gasteiger partial charge < -0.3 is 5.32 Å². The maximum absolute atomic E-state index is 11.1. The normalized spacial score (nSPS) is 22.5. The van der Waals surface area contributed by atoms with Gasteiger partial charge in [0, 0.05) is 23.9 Å². The van der Waals surface area contributed by atoms with E-state index in [2.05, 4.69) is 12.2 Å². The zero-order chi connectivity index (χ0) is 14.5. The van der Waals surface area contributed by atoms with Crippen LogP contribution in [0.25, 0.3) is 0 Å². The molecular weight excluding hydrogens is 252 g/mol. The third kappa shape index (κ3) is 3.71. The second-order valence-electron chi connectivity index (χ2n) is 5.97. The van der Waals surface area contributed by atoms with Gasteiger partial charge in [0.15, 0.2) is 0 Å². The number of nitrogens with one attached hydrogen (secondary N) is 1. The average molecular weight is 276 g/mol. The summed E-state index contributed by atoms with van der Waals surface area (Å²) in [6.07, 6.45) is 5.88. The summed E-state index contributed by atoms with van der Waals surface area (Å²) >= 11 is 0. The van der Waals surface area contributed by atoms with Crippen molar-refractivity contribution in [2.24, 2.45) is 11.8 Å². The van der Waals surface area contributed by atoms with Crippen LogP contribution in [0.2, 0.25) is 0 Å². The SMILES string of the molecule is CCc1ccc(NCC2CCCC(C)C2)cc1[N+](=O)[O-]. The van der Waals surface area contributed by atoms with Gasteiger partial charge in [0.1, 0.15) is 0 Å². The molecule has 1 aromatic carbocycles. The number of nitro benzene ring substituents is 1. The highest BCUT2D eigenvalue weighted by molar-refractivity contribution is 5.55. The molecule has 0 aromatic heterocycles. The van der Waals surface area contributed by atoms with E-state index in [9.17, 15) is 10.1 Å². The summed E-state index contributed by atoms with van der Waals surface area (Å²) in [6.45, 7) is 5.18. The monoisotopic (exact) mass is 276 g/mol. The van der Waals surface area contributed by atoms with E-state index in [1.54, 1.807) is 6.07 Å². The first-order valence-corrected chi connectivity index (χ1v) is 7.61. The van der Waals surface area contributed by atoms with E-state index >= 15 is 0 Å². The molecule has 0 amide bonds. The van der Waals surface area contributed by atoms with Crippen molar-refractivity contribution in [1.82, 2.24) is 0 Å². The van der Waals surface area contributed by atoms with Crippen LogP contribution in [0.5, 0.6) is 0 Å². The van der Waals surface area contributed by atoms with Crippen molar-refractivity contribution < 1.29 is 4.92 Å². The molecule has 1 saturated carbocycles. The molecule has 1 aromatic rings. The van der Waals surface area contributed by atoms with Crippen molar-refractivity contribution in [2.75, 3.05) is 11.9 Å². The molecule has 1 fully saturated rings. The highest BCUT2D eigenvalue weighted by Gasteiger charge is 2.19. The molecule has 0 spiro atoms. The minimum absolute atomic E-state index is 0.231. The van der Waals surface area contributed by atoms with Gasteiger partial charge in [-0.3, -0.25) is 10.1 Å². The molecule has 0 aliphatic heterocycles. The Morgan fingerprint density at radius 2 is 2.20 bits per heavy atom. The summed E-state index contributed by atoms with van der Waals surface area (Å²) in [5.74, 6) is 1.51. The number of rotatable bonds is 5. The fourth-order valence-corrected chi connectivity index (χ4v) is 3.15. The molecule has 4 nitrogen and oxygen atoms in total. The predicted molar refractivity (Wildman–Crippen MR) is 82.1 cm³/mol. The van der Waals surface area contributed by atoms with Crippen LogP contribution in [0.15, 0.2) is 18.2 Å². The van der Waals surface area contributed by atoms with Gasteiger partial charge in [0.2, 0.25) is 0 Å². The van der Waals surface area contributed by atoms with Crippen LogP contribution in [0.3, 0.4) is 0 Å². The minimum atomic E-state index is -0.285. The molecule has 1 N–H and O–H groups in total. The van der Waals surface area contributed by atoms with Crippen molar-refractivity contribution >= 4 is 11.4 Å². The first-order chi connectivity index (χ1) is 9.60. The van der Waals surface area contributed by atoms with Crippen LogP contribution in [0.4, 0.5) is 11.4 Å². The van der Waals surface area contributed by atoms with E-state index in [4.69, 9.17) is 0 Å². The number of hydrogen-bond donors (Lipinski definition) is 1. The van der Waals surface area contributed by atoms with Crippen molar-refractivity contribution in [1.29, 1.82) is 0 Å². The van der Waals surface area contributed by atoms with E-state index in [1.165, 1.54) is 25.7 Å². The van der Waals surface area contributed by atoms with Gasteiger partial charge >= 0.3 is 0 Å². The van der Waals surface area contributed by atoms with Crippen LogP contribution >= 0.6 is 0 Å². The standard InChI is InChI=1S/C16H24N2O2/c1-3-14-7-8-15(10-16(14)18(19)20)17-11-13-6-4-5-12(2)9-13/h7-8,10,12-13,17H,3-6,9,11H2,1-2H3. The molecule has 0 saturated heterocycles. The van der Waals surface area contributed by atoms with Crippen LogP contribution < -0.4 is 5.32 Å². The van der Waals surface area contributed by atoms with Crippen LogP contribution in [0, 0.1) is 22.0 Å². The molecule has 0 radical (unpaired) electrons. The summed E-state index contributed by atoms with van der Waals surface area (Å²) in [5.41, 5.74) is 1.90. The summed E-state index contributed by atoms with van der Waals surface area (Å²) in [7, 11) is 0. The fourth-order valence-electron chi connectivity index (χ4n) is 3.15. The Kier molecular flexibility index (Phi) is 4.99. The minimum Gasteiger partial charge on any atom is -0.385 e. The van der Waals surface area contributed by atoms with Gasteiger partial charge in [0.05, 0.1) is 4.92 Å². The smallest absolute Gasteiger partial charge is 0.274 e. The lowest BCUT2D eigenvalue weighted by Gasteiger charge is -2.27. The second kappa shape index (κ2) is 6.73. The first kappa shape index (κ1) is 14.8. The zero-order valence-corrected chi connectivity index (χ0v) is 12.4. The third-order valence-corrected chi connectivity index (χ3v) is 4.30. The molecule has 0 heterocycles. The lowest BCUT2D eigenvalue weighted by molar-refractivity contribution is -0.385. The summed E-state index contributed by atoms with van der Waals surface area (Å²) < 4.78 is 0. The molecule has 2 atom stereocenters. The Morgan fingerprint density at radius 3 is 2.85 bits per heavy atom. The highest BCUT2D eigenvalue weighted by atomic mass is 16.6. The van der Waals surface area contributed by atoms with E-state index in [0.29, 0.717) is 12.3 Å². The Hall–Kier alpha value is -1.58. The van der Waals surface area contributed by atoms with Crippen LogP contribution in [-0.2, 0) is 6.42 Å². The Labute approximate surface area is 120 Å². The van der Waals surface area contributed by atoms with Crippen LogP contribution in [0.1, 0.15) is 45.1 Å². The van der Waals surface area contributed by atoms with Gasteiger partial charge in [-0.15, -0.1) is 0 Å². The second-order valence-corrected chi connectivity index (χ2v) is 5.97. The third-order valence-electron chi connectivity index (χ3n) is 4.30. The quantitative estimate of drug-likeness (QED) is 0.640. The van der Waals surface area contributed by atoms with E-state index in [-0.39, 0.29) is 10.6 Å². The Balaban J connectivity index is 1.99. The molecule has 110 valence electrons. The van der Waals surface area contributed by atoms with Gasteiger partial charge in [0.25, 0.3) is 5.69 Å². The summed E-state index contributed by atoms with van der Waals surface area (Å²) in [5, 5.41) is 14.4. The maximum Gasteiger partial charge on any atom is 0.274 e. The van der Waals surface area contributed by atoms with Crippen molar-refractivity contribution in [2.45, 2.75) is 46.0 Å². The molecular formula is C16H24N2O2.